The van der Waals surface area contributed by atoms with Crippen molar-refractivity contribution in [3.8, 4) is 0 Å². The second-order valence-corrected chi connectivity index (χ2v) is 23.0. The fourth-order valence-corrected chi connectivity index (χ4v) is 11.9. The van der Waals surface area contributed by atoms with Gasteiger partial charge in [0.05, 0.1) is 18.7 Å². The molecule has 3 unspecified atom stereocenters. The maximum absolute atomic E-state index is 13.0. The van der Waals surface area contributed by atoms with Gasteiger partial charge in [0.15, 0.2) is 6.10 Å². The number of rotatable bonds is 38. The lowest BCUT2D eigenvalue weighted by atomic mass is 9.85. The fourth-order valence-electron chi connectivity index (χ4n) is 8.32. The summed E-state index contributed by atoms with van der Waals surface area (Å²) in [5.41, 5.74) is 0. The first-order chi connectivity index (χ1) is 33.6. The zero-order chi connectivity index (χ0) is 52.5. The van der Waals surface area contributed by atoms with Gasteiger partial charge in [0, 0.05) is 36.8 Å². The summed E-state index contributed by atoms with van der Waals surface area (Å²) in [5.74, 6) is -0.768. The number of carbonyl (C=O) groups is 4. The number of hydrogen-bond donors (Lipinski definition) is 11. The first kappa shape index (κ1) is 71.9. The molecule has 3 rings (SSSR count). The predicted molar refractivity (Wildman–Crippen MR) is 270 cm³/mol. The van der Waals surface area contributed by atoms with E-state index in [0.717, 1.165) is 57.1 Å². The number of aliphatic hydroxyl groups excluding tert-OH is 3. The molecule has 31 heteroatoms. The van der Waals surface area contributed by atoms with Crippen LogP contribution in [0.3, 0.4) is 0 Å². The number of phosphoric ester groups is 3. The zero-order valence-electron chi connectivity index (χ0n) is 43.3. The van der Waals surface area contributed by atoms with Crippen molar-refractivity contribution in [3.05, 3.63) is 12.2 Å². The first-order valence-corrected chi connectivity index (χ1v) is 30.2. The van der Waals surface area contributed by atoms with Crippen molar-refractivity contribution >= 4 is 59.1 Å². The Balaban J connectivity index is 0.0000178. The van der Waals surface area contributed by atoms with Crippen LogP contribution < -0.4 is 49.1 Å². The van der Waals surface area contributed by atoms with Crippen LogP contribution in [0.15, 0.2) is 12.2 Å². The zero-order valence-corrected chi connectivity index (χ0v) is 46.8. The number of quaternary nitrogens is 3. The van der Waals surface area contributed by atoms with Crippen molar-refractivity contribution in [1.29, 1.82) is 0 Å². The van der Waals surface area contributed by atoms with E-state index in [1.807, 2.05) is 11.8 Å². The fraction of sp³-hybridized carbons (Fsp3) is 0.860. The van der Waals surface area contributed by atoms with E-state index >= 15 is 0 Å². The minimum absolute atomic E-state index is 0. The summed E-state index contributed by atoms with van der Waals surface area (Å²) in [6.07, 6.45) is 4.65. The molecule has 0 bridgehead atoms. The lowest BCUT2D eigenvalue weighted by Crippen LogP contribution is -2.65. The van der Waals surface area contributed by atoms with Crippen LogP contribution >= 0.6 is 35.2 Å². The Labute approximate surface area is 438 Å². The van der Waals surface area contributed by atoms with Gasteiger partial charge in [-0.3, -0.25) is 28.1 Å². The summed E-state index contributed by atoms with van der Waals surface area (Å²) in [6.45, 7) is 0.820. The summed E-state index contributed by atoms with van der Waals surface area (Å²) >= 11 is 1.81. The minimum atomic E-state index is -5.92. The van der Waals surface area contributed by atoms with E-state index in [9.17, 15) is 67.8 Å². The molecule has 3 aliphatic rings. The molecule has 0 spiro atoms. The molecular weight excluding hydrogens is 1060 g/mol. The average molecular weight is 1150 g/mol. The van der Waals surface area contributed by atoms with Gasteiger partial charge in [-0.15, -0.1) is 0 Å². The number of fused-ring (bicyclic) bond motifs is 1. The van der Waals surface area contributed by atoms with E-state index in [0.29, 0.717) is 50.3 Å². The van der Waals surface area contributed by atoms with Crippen molar-refractivity contribution in [2.75, 3.05) is 25.5 Å². The quantitative estimate of drug-likeness (QED) is 0.0138. The Morgan fingerprint density at radius 2 is 1.22 bits per heavy atom. The molecule has 2 saturated heterocycles. The van der Waals surface area contributed by atoms with Gasteiger partial charge >= 0.3 is 18.0 Å². The highest BCUT2D eigenvalue weighted by molar-refractivity contribution is 8.00. The third-order valence-electron chi connectivity index (χ3n) is 12.0. The van der Waals surface area contributed by atoms with Crippen LogP contribution in [-0.2, 0) is 55.6 Å². The number of unbranched alkanes of at least 4 members (excludes halogenated alkanes) is 14. The molecule has 27 nitrogen and oxygen atoms in total. The summed E-state index contributed by atoms with van der Waals surface area (Å²) < 4.78 is 64.3. The minimum Gasteiger partial charge on any atom is -0.756 e. The predicted octanol–water partition coefficient (Wildman–Crippen LogP) is 3.67. The van der Waals surface area contributed by atoms with Crippen LogP contribution in [0, 0.1) is 0 Å². The summed E-state index contributed by atoms with van der Waals surface area (Å²) in [4.78, 5) is 104. The molecule has 1 aliphatic carbocycles. The van der Waals surface area contributed by atoms with Crippen molar-refractivity contribution in [1.82, 2.24) is 34.4 Å². The van der Waals surface area contributed by atoms with E-state index in [1.54, 1.807) is 0 Å². The maximum Gasteiger partial charge on any atom is 0.315 e. The van der Waals surface area contributed by atoms with Crippen LogP contribution in [0.2, 0.25) is 0 Å². The molecule has 1 saturated carbocycles. The van der Waals surface area contributed by atoms with Gasteiger partial charge in [0.1, 0.15) is 43.2 Å². The second kappa shape index (κ2) is 37.6. The summed E-state index contributed by atoms with van der Waals surface area (Å²) in [5, 5.41) is 40.7. The molecule has 2 heterocycles. The van der Waals surface area contributed by atoms with E-state index in [-0.39, 0.29) is 55.3 Å². The second-order valence-electron chi connectivity index (χ2n) is 18.0. The lowest BCUT2D eigenvalue weighted by molar-refractivity contribution is -0.280. The molecule has 3 fully saturated rings. The first-order valence-electron chi connectivity index (χ1n) is 24.7. The summed E-state index contributed by atoms with van der Waals surface area (Å²) in [7, 11) is -17.6. The highest BCUT2D eigenvalue weighted by Crippen LogP contribution is 2.48. The molecule has 2 aliphatic heterocycles. The van der Waals surface area contributed by atoms with E-state index < -0.39 is 91.3 Å². The number of urea groups is 1. The van der Waals surface area contributed by atoms with Gasteiger partial charge in [-0.25, -0.2) is 4.79 Å². The molecule has 74 heavy (non-hydrogen) atoms. The molecule has 3 amide bonds. The van der Waals surface area contributed by atoms with Crippen LogP contribution in [0.25, 0.3) is 0 Å². The Kier molecular flexibility index (Phi) is 36.5. The molecule has 436 valence electrons. The Bertz CT molecular complexity index is 1810. The standard InChI is InChI=1S/C43H78N3O21P3S.3H3N/c1-2-3-4-5-6-7-8-9-10-11-12-13-14-15-17-24-34(48)62-27-30(28-63-70(60,61)67-40-37(50)38(51)41(65-68(54,55)56)42(39(40)52)66-69(57,58)59)64-35(49)25-18-16-21-26-44-33(47)23-20-19-22-32-36-31(29-71-32)45-43(53)46-36;;;/h9-10,30-32,36-42,50-52H,2-8,11-29H2,1H3,(H,44,47)(H,60,61)(H2,45,46,53)(H2,54,55,56)(H2,57,58,59);3*1H3/b10-9-;;;/t30-,31+,32+,36+,37-,38+,39+,40-,41-,42-;;;/m1.../s1. The maximum atomic E-state index is 13.0. The van der Waals surface area contributed by atoms with Crippen molar-refractivity contribution in [2.24, 2.45) is 0 Å². The number of thioether (sulfide) groups is 1. The van der Waals surface area contributed by atoms with Crippen LogP contribution in [-0.4, -0.2) is 135 Å². The number of esters is 2. The highest BCUT2D eigenvalue weighted by atomic mass is 32.2. The van der Waals surface area contributed by atoms with Crippen molar-refractivity contribution in [2.45, 2.75) is 208 Å². The third-order valence-corrected chi connectivity index (χ3v) is 15.5. The largest absolute Gasteiger partial charge is 0.756 e. The topological polar surface area (TPSA) is 491 Å². The monoisotopic (exact) mass is 1150 g/mol. The average Bonchev–Trinajstić information content (AvgIpc) is 3.85. The number of allylic oxidation sites excluding steroid dienone is 2. The summed E-state index contributed by atoms with van der Waals surface area (Å²) in [6, 6.07) is 0.0972. The van der Waals surface area contributed by atoms with Crippen LogP contribution in [0.5, 0.6) is 0 Å². The van der Waals surface area contributed by atoms with E-state index in [4.69, 9.17) is 23.4 Å². The number of aliphatic hydroxyl groups is 3. The SMILES string of the molecule is CCCCCCCC/C=C\CCCCCCCC(=O)OC[C@H](COP(=O)([O-])O[C@@H]1[C@H](O)[C@H](O)[C@@H](OP(=O)([O-])O)[C@H](OP(=O)([O-])O)[C@H]1O)OC(=O)CCCCCNC(=O)CCCC[C@@H]1SC[C@@H]2NC(=O)N[C@@H]21.[NH4+].[NH4+].[NH4+]. The van der Waals surface area contributed by atoms with Crippen LogP contribution in [0.4, 0.5) is 4.79 Å². The Morgan fingerprint density at radius 1 is 0.689 bits per heavy atom. The van der Waals surface area contributed by atoms with E-state index in [1.165, 1.54) is 38.5 Å². The number of amides is 3. The van der Waals surface area contributed by atoms with Crippen molar-refractivity contribution in [3.63, 3.8) is 0 Å². The Morgan fingerprint density at radius 3 is 1.82 bits per heavy atom. The van der Waals surface area contributed by atoms with Gasteiger partial charge in [-0.2, -0.15) is 11.8 Å². The molecule has 0 aromatic heterocycles. The molecule has 20 N–H and O–H groups in total. The molecule has 0 aromatic carbocycles. The number of phosphoric acid groups is 3. The molecule has 0 radical (unpaired) electrons. The van der Waals surface area contributed by atoms with Gasteiger partial charge in [-0.05, 0) is 57.8 Å². The van der Waals surface area contributed by atoms with Crippen LogP contribution in [0.1, 0.15) is 148 Å². The number of hydrogen-bond acceptors (Lipinski definition) is 20. The van der Waals surface area contributed by atoms with Gasteiger partial charge in [0.25, 0.3) is 23.5 Å². The number of nitrogens with one attached hydrogen (secondary N) is 3. The Hall–Kier alpha value is -2.14. The van der Waals surface area contributed by atoms with E-state index in [2.05, 4.69) is 44.1 Å². The van der Waals surface area contributed by atoms with Gasteiger partial charge < -0.3 is 102 Å². The lowest BCUT2D eigenvalue weighted by Gasteiger charge is -2.47. The van der Waals surface area contributed by atoms with Gasteiger partial charge in [0.2, 0.25) is 5.91 Å². The van der Waals surface area contributed by atoms with Crippen molar-refractivity contribution < 1.29 is 100 Å². The van der Waals surface area contributed by atoms with Gasteiger partial charge in [-0.1, -0.05) is 83.3 Å². The highest BCUT2D eigenvalue weighted by Gasteiger charge is 2.54. The molecule has 0 aromatic rings. The molecule has 13 atom stereocenters. The molecular formula is C43H87N6O21P3S. The number of carbonyl (C=O) groups excluding carboxylic acids is 4. The third kappa shape index (κ3) is 29.6. The smallest absolute Gasteiger partial charge is 0.315 e. The number of ether oxygens (including phenoxy) is 2. The normalized spacial score (nSPS) is 26.1.